The summed E-state index contributed by atoms with van der Waals surface area (Å²) < 4.78 is 0. The minimum Gasteiger partial charge on any atom is -0.383 e. The Hall–Kier alpha value is -1.94. The highest BCUT2D eigenvalue weighted by Gasteiger charge is 2.12. The van der Waals surface area contributed by atoms with Crippen LogP contribution in [0, 0.1) is 20.8 Å². The van der Waals surface area contributed by atoms with E-state index < -0.39 is 0 Å². The predicted octanol–water partition coefficient (Wildman–Crippen LogP) is 3.79. The molecule has 0 atom stereocenters. The highest BCUT2D eigenvalue weighted by atomic mass is 32.1. The van der Waals surface area contributed by atoms with Gasteiger partial charge in [-0.15, -0.1) is 11.3 Å². The summed E-state index contributed by atoms with van der Waals surface area (Å²) >= 11 is 1.69. The summed E-state index contributed by atoms with van der Waals surface area (Å²) in [4.78, 5) is 11.4. The third-order valence-corrected chi connectivity index (χ3v) is 4.65. The second-order valence-corrected chi connectivity index (χ2v) is 6.36. The van der Waals surface area contributed by atoms with Gasteiger partial charge in [-0.2, -0.15) is 0 Å². The Kier molecular flexibility index (Phi) is 3.18. The predicted molar refractivity (Wildman–Crippen MR) is 85.3 cm³/mol. The van der Waals surface area contributed by atoms with Gasteiger partial charge in [0.1, 0.15) is 16.5 Å². The molecule has 0 unspecified atom stereocenters. The van der Waals surface area contributed by atoms with Crippen molar-refractivity contribution >= 4 is 27.4 Å². The van der Waals surface area contributed by atoms with E-state index in [0.717, 1.165) is 22.5 Å². The van der Waals surface area contributed by atoms with Crippen LogP contribution in [0.15, 0.2) is 24.3 Å². The highest BCUT2D eigenvalue weighted by molar-refractivity contribution is 7.18. The van der Waals surface area contributed by atoms with Gasteiger partial charge in [0, 0.05) is 11.3 Å². The van der Waals surface area contributed by atoms with Gasteiger partial charge in [0.05, 0.1) is 5.39 Å². The lowest BCUT2D eigenvalue weighted by Gasteiger charge is -2.04. The maximum absolute atomic E-state index is 6.11. The number of hydrogen-bond acceptors (Lipinski definition) is 4. The van der Waals surface area contributed by atoms with Crippen LogP contribution >= 0.6 is 11.3 Å². The summed E-state index contributed by atoms with van der Waals surface area (Å²) in [5, 5.41) is 1.01. The summed E-state index contributed by atoms with van der Waals surface area (Å²) in [5.74, 6) is 1.39. The molecular formula is C16H17N3S. The molecule has 0 aliphatic heterocycles. The molecule has 0 saturated carbocycles. The van der Waals surface area contributed by atoms with Gasteiger partial charge < -0.3 is 5.73 Å². The van der Waals surface area contributed by atoms with Crippen molar-refractivity contribution < 1.29 is 0 Å². The Bertz CT molecular complexity index is 790. The van der Waals surface area contributed by atoms with Crippen LogP contribution in [-0.2, 0) is 6.42 Å². The van der Waals surface area contributed by atoms with Gasteiger partial charge in [-0.05, 0) is 31.9 Å². The summed E-state index contributed by atoms with van der Waals surface area (Å²) in [6, 6.07) is 8.41. The van der Waals surface area contributed by atoms with Crippen LogP contribution in [-0.4, -0.2) is 9.97 Å². The van der Waals surface area contributed by atoms with Crippen molar-refractivity contribution in [1.29, 1.82) is 0 Å². The average molecular weight is 283 g/mol. The van der Waals surface area contributed by atoms with Gasteiger partial charge in [-0.25, -0.2) is 9.97 Å². The largest absolute Gasteiger partial charge is 0.383 e. The fourth-order valence-corrected chi connectivity index (χ4v) is 3.47. The monoisotopic (exact) mass is 283 g/mol. The van der Waals surface area contributed by atoms with Gasteiger partial charge in [-0.3, -0.25) is 0 Å². The quantitative estimate of drug-likeness (QED) is 0.778. The number of anilines is 1. The Labute approximate surface area is 122 Å². The van der Waals surface area contributed by atoms with Gasteiger partial charge in [0.15, 0.2) is 0 Å². The van der Waals surface area contributed by atoms with E-state index in [-0.39, 0.29) is 0 Å². The zero-order chi connectivity index (χ0) is 14.3. The first kappa shape index (κ1) is 13.1. The molecule has 3 rings (SSSR count). The molecule has 2 heterocycles. The van der Waals surface area contributed by atoms with E-state index in [1.165, 1.54) is 21.6 Å². The molecule has 0 amide bonds. The third kappa shape index (κ3) is 2.27. The molecule has 0 bridgehead atoms. The molecule has 3 nitrogen and oxygen atoms in total. The number of aromatic nitrogens is 2. The van der Waals surface area contributed by atoms with Crippen molar-refractivity contribution in [3.05, 3.63) is 51.7 Å². The van der Waals surface area contributed by atoms with Gasteiger partial charge >= 0.3 is 0 Å². The van der Waals surface area contributed by atoms with E-state index in [2.05, 4.69) is 55.0 Å². The van der Waals surface area contributed by atoms with E-state index in [1.807, 2.05) is 0 Å². The number of aryl methyl sites for hydroxylation is 3. The van der Waals surface area contributed by atoms with E-state index in [0.29, 0.717) is 5.82 Å². The first-order valence-electron chi connectivity index (χ1n) is 6.62. The fourth-order valence-electron chi connectivity index (χ4n) is 2.41. The molecule has 0 radical (unpaired) electrons. The Morgan fingerprint density at radius 1 is 1.15 bits per heavy atom. The van der Waals surface area contributed by atoms with E-state index in [4.69, 9.17) is 5.73 Å². The normalized spacial score (nSPS) is 11.2. The molecule has 20 heavy (non-hydrogen) atoms. The summed E-state index contributed by atoms with van der Waals surface area (Å²) in [7, 11) is 0. The minimum atomic E-state index is 0.597. The smallest absolute Gasteiger partial charge is 0.136 e. The summed E-state index contributed by atoms with van der Waals surface area (Å²) in [6.07, 6.45) is 0.720. The van der Waals surface area contributed by atoms with Crippen molar-refractivity contribution in [2.45, 2.75) is 27.2 Å². The Morgan fingerprint density at radius 3 is 2.70 bits per heavy atom. The Balaban J connectivity index is 2.05. The number of fused-ring (bicyclic) bond motifs is 1. The average Bonchev–Trinajstić information content (AvgIpc) is 2.65. The number of thiophene rings is 1. The van der Waals surface area contributed by atoms with Crippen LogP contribution in [0.5, 0.6) is 0 Å². The van der Waals surface area contributed by atoms with Gasteiger partial charge in [-0.1, -0.05) is 29.8 Å². The van der Waals surface area contributed by atoms with Crippen molar-refractivity contribution in [3.8, 4) is 0 Å². The molecule has 1 aromatic carbocycles. The van der Waals surface area contributed by atoms with Crippen molar-refractivity contribution in [1.82, 2.24) is 9.97 Å². The van der Waals surface area contributed by atoms with Crippen molar-refractivity contribution in [2.75, 3.05) is 5.73 Å². The van der Waals surface area contributed by atoms with Crippen LogP contribution in [0.3, 0.4) is 0 Å². The second kappa shape index (κ2) is 4.87. The molecule has 0 saturated heterocycles. The molecule has 3 aromatic rings. The topological polar surface area (TPSA) is 51.8 Å². The maximum atomic E-state index is 6.11. The first-order chi connectivity index (χ1) is 9.54. The molecule has 0 aliphatic carbocycles. The number of rotatable bonds is 2. The SMILES string of the molecule is Cc1cccc(Cc2nc(N)c3c(C)c(C)sc3n2)c1. The lowest BCUT2D eigenvalue weighted by atomic mass is 10.1. The first-order valence-corrected chi connectivity index (χ1v) is 7.44. The number of nitrogens with two attached hydrogens (primary N) is 1. The standard InChI is InChI=1S/C16H17N3S/c1-9-5-4-6-12(7-9)8-13-18-15(17)14-10(2)11(3)20-16(14)19-13/h4-7H,8H2,1-3H3,(H2,17,18,19). The summed E-state index contributed by atoms with van der Waals surface area (Å²) in [5.41, 5.74) is 9.77. The fraction of sp³-hybridized carbons (Fsp3) is 0.250. The molecule has 0 aliphatic rings. The van der Waals surface area contributed by atoms with Crippen LogP contribution < -0.4 is 5.73 Å². The zero-order valence-electron chi connectivity index (χ0n) is 11.9. The van der Waals surface area contributed by atoms with Gasteiger partial charge in [0.25, 0.3) is 0 Å². The second-order valence-electron chi connectivity index (χ2n) is 5.15. The third-order valence-electron chi connectivity index (χ3n) is 3.55. The molecule has 2 N–H and O–H groups in total. The van der Waals surface area contributed by atoms with Crippen LogP contribution in [0.2, 0.25) is 0 Å². The van der Waals surface area contributed by atoms with E-state index in [1.54, 1.807) is 11.3 Å². The molecule has 2 aromatic heterocycles. The lowest BCUT2D eigenvalue weighted by Crippen LogP contribution is -2.01. The number of nitrogens with zero attached hydrogens (tertiary/aromatic N) is 2. The number of nitrogen functional groups attached to an aromatic ring is 1. The minimum absolute atomic E-state index is 0.597. The summed E-state index contributed by atoms with van der Waals surface area (Å²) in [6.45, 7) is 6.27. The number of hydrogen-bond donors (Lipinski definition) is 1. The van der Waals surface area contributed by atoms with Crippen LogP contribution in [0.1, 0.15) is 27.4 Å². The van der Waals surface area contributed by atoms with Gasteiger partial charge in [0.2, 0.25) is 0 Å². The van der Waals surface area contributed by atoms with Crippen LogP contribution in [0.25, 0.3) is 10.2 Å². The molecule has 0 fully saturated rings. The van der Waals surface area contributed by atoms with E-state index >= 15 is 0 Å². The highest BCUT2D eigenvalue weighted by Crippen LogP contribution is 2.32. The van der Waals surface area contributed by atoms with E-state index in [9.17, 15) is 0 Å². The molecule has 102 valence electrons. The Morgan fingerprint density at radius 2 is 1.95 bits per heavy atom. The molecule has 4 heteroatoms. The van der Waals surface area contributed by atoms with Crippen molar-refractivity contribution in [2.24, 2.45) is 0 Å². The molecular weight excluding hydrogens is 266 g/mol. The van der Waals surface area contributed by atoms with Crippen molar-refractivity contribution in [3.63, 3.8) is 0 Å². The van der Waals surface area contributed by atoms with Crippen LogP contribution in [0.4, 0.5) is 5.82 Å². The zero-order valence-corrected chi connectivity index (χ0v) is 12.7. The maximum Gasteiger partial charge on any atom is 0.136 e. The number of benzene rings is 1. The lowest BCUT2D eigenvalue weighted by molar-refractivity contribution is 0.999. The molecule has 0 spiro atoms.